The molecule has 212 valence electrons. The van der Waals surface area contributed by atoms with Gasteiger partial charge in [0.05, 0.1) is 22.7 Å². The number of hydrogen-bond acceptors (Lipinski definition) is 9. The topological polar surface area (TPSA) is 189 Å². The van der Waals surface area contributed by atoms with Gasteiger partial charge in [0.2, 0.25) is 0 Å². The maximum Gasteiger partial charge on any atom is 0.336 e. The molecule has 7 N–H and O–H groups in total. The normalized spacial score (nSPS) is 9.95. The van der Waals surface area contributed by atoms with E-state index < -0.39 is 23.9 Å². The standard InChI is InChI=1S/2C14H10O4S2.H3N/c2*15-13(16)9-5-1-3-7-11(9)19-20-12-8-4-2-6-10(12)14(17)18;/h2*1-8H,(H,15,16)(H,17,18);1H3. The Morgan fingerprint density at radius 1 is 0.439 bits per heavy atom. The van der Waals surface area contributed by atoms with Crippen molar-refractivity contribution in [2.75, 3.05) is 0 Å². The lowest BCUT2D eigenvalue weighted by molar-refractivity contribution is -0.255. The van der Waals surface area contributed by atoms with Gasteiger partial charge in [0.25, 0.3) is 0 Å². The van der Waals surface area contributed by atoms with Crippen LogP contribution in [0.4, 0.5) is 0 Å². The number of quaternary nitrogens is 1. The zero-order valence-electron chi connectivity index (χ0n) is 21.3. The Kier molecular flexibility index (Phi) is 13.3. The third kappa shape index (κ3) is 9.62. The minimum absolute atomic E-state index is 0. The second-order valence-corrected chi connectivity index (χ2v) is 11.9. The quantitative estimate of drug-likeness (QED) is 0.134. The summed E-state index contributed by atoms with van der Waals surface area (Å²) in [6.07, 6.45) is 0. The first-order chi connectivity index (χ1) is 19.2. The Balaban J connectivity index is 0.000000280. The van der Waals surface area contributed by atoms with Crippen molar-refractivity contribution in [1.29, 1.82) is 0 Å². The fraction of sp³-hybridized carbons (Fsp3) is 0. The molecule has 0 saturated heterocycles. The first-order valence-corrected chi connectivity index (χ1v) is 15.5. The van der Waals surface area contributed by atoms with Crippen molar-refractivity contribution in [2.45, 2.75) is 19.6 Å². The minimum Gasteiger partial charge on any atom is -0.545 e. The van der Waals surface area contributed by atoms with E-state index in [4.69, 9.17) is 15.3 Å². The highest BCUT2D eigenvalue weighted by Gasteiger charge is 2.14. The van der Waals surface area contributed by atoms with Crippen LogP contribution in [0.5, 0.6) is 0 Å². The fourth-order valence-corrected chi connectivity index (χ4v) is 7.73. The molecule has 4 rings (SSSR count). The van der Waals surface area contributed by atoms with Crippen molar-refractivity contribution < 1.29 is 39.6 Å². The third-order valence-corrected chi connectivity index (χ3v) is 9.87. The Morgan fingerprint density at radius 3 is 0.902 bits per heavy atom. The molecule has 0 aromatic heterocycles. The second-order valence-electron chi connectivity index (χ2n) is 7.52. The summed E-state index contributed by atoms with van der Waals surface area (Å²) in [5.74, 6) is -4.26. The van der Waals surface area contributed by atoms with Crippen LogP contribution in [0.25, 0.3) is 0 Å². The van der Waals surface area contributed by atoms with E-state index in [-0.39, 0.29) is 28.4 Å². The average molecular weight is 630 g/mol. The molecule has 0 saturated carbocycles. The maximum absolute atomic E-state index is 11.1. The van der Waals surface area contributed by atoms with Crippen LogP contribution in [0.1, 0.15) is 41.4 Å². The van der Waals surface area contributed by atoms with Gasteiger partial charge in [0.1, 0.15) is 0 Å². The molecule has 0 heterocycles. The third-order valence-electron chi connectivity index (χ3n) is 4.90. The van der Waals surface area contributed by atoms with E-state index in [0.29, 0.717) is 19.6 Å². The van der Waals surface area contributed by atoms with Gasteiger partial charge in [0.15, 0.2) is 0 Å². The average Bonchev–Trinajstić information content (AvgIpc) is 2.95. The summed E-state index contributed by atoms with van der Waals surface area (Å²) in [6.45, 7) is 0. The Morgan fingerprint density at radius 2 is 0.659 bits per heavy atom. The van der Waals surface area contributed by atoms with Crippen LogP contribution in [-0.2, 0) is 0 Å². The van der Waals surface area contributed by atoms with Crippen LogP contribution in [0.15, 0.2) is 117 Å². The molecule has 0 aliphatic carbocycles. The number of carbonyl (C=O) groups excluding carboxylic acids is 1. The zero-order chi connectivity index (χ0) is 29.1. The number of aromatic carboxylic acids is 4. The molecular weight excluding hydrogens is 607 g/mol. The first kappa shape index (κ1) is 33.3. The van der Waals surface area contributed by atoms with Gasteiger partial charge in [0, 0.05) is 25.1 Å². The Bertz CT molecular complexity index is 1320. The smallest absolute Gasteiger partial charge is 0.336 e. The number of hydrogen-bond donors (Lipinski definition) is 4. The van der Waals surface area contributed by atoms with Crippen LogP contribution >= 0.6 is 43.2 Å². The highest BCUT2D eigenvalue weighted by Crippen LogP contribution is 2.41. The van der Waals surface area contributed by atoms with Crippen molar-refractivity contribution in [3.05, 3.63) is 119 Å². The summed E-state index contributed by atoms with van der Waals surface area (Å²) in [4.78, 5) is 46.5. The maximum atomic E-state index is 11.1. The van der Waals surface area contributed by atoms with Crippen molar-refractivity contribution >= 4 is 67.1 Å². The molecule has 41 heavy (non-hydrogen) atoms. The molecule has 9 nitrogen and oxygen atoms in total. The molecule has 4 aromatic carbocycles. The fourth-order valence-electron chi connectivity index (χ4n) is 3.04. The highest BCUT2D eigenvalue weighted by atomic mass is 33.1. The van der Waals surface area contributed by atoms with E-state index in [0.717, 1.165) is 0 Å². The summed E-state index contributed by atoms with van der Waals surface area (Å²) >= 11 is 0. The van der Waals surface area contributed by atoms with Crippen LogP contribution < -0.4 is 11.3 Å². The van der Waals surface area contributed by atoms with E-state index in [1.165, 1.54) is 67.4 Å². The molecule has 4 aromatic rings. The predicted molar refractivity (Wildman–Crippen MR) is 160 cm³/mol. The van der Waals surface area contributed by atoms with Gasteiger partial charge >= 0.3 is 17.9 Å². The monoisotopic (exact) mass is 629 g/mol. The lowest BCUT2D eigenvalue weighted by Crippen LogP contribution is -2.22. The lowest BCUT2D eigenvalue weighted by Gasteiger charge is -2.09. The molecule has 0 radical (unpaired) electrons. The largest absolute Gasteiger partial charge is 0.545 e. The zero-order valence-corrected chi connectivity index (χ0v) is 24.5. The summed E-state index contributed by atoms with van der Waals surface area (Å²) in [6, 6.07) is 26.3. The van der Waals surface area contributed by atoms with Crippen LogP contribution in [0.3, 0.4) is 0 Å². The van der Waals surface area contributed by atoms with Gasteiger partial charge in [-0.25, -0.2) is 14.4 Å². The van der Waals surface area contributed by atoms with E-state index >= 15 is 0 Å². The van der Waals surface area contributed by atoms with Gasteiger partial charge < -0.3 is 31.4 Å². The van der Waals surface area contributed by atoms with E-state index in [9.17, 15) is 24.3 Å². The van der Waals surface area contributed by atoms with Gasteiger partial charge in [-0.05, 0) is 42.5 Å². The number of carboxylic acids is 4. The Hall–Kier alpha value is -3.88. The number of carbonyl (C=O) groups is 4. The summed E-state index contributed by atoms with van der Waals surface area (Å²) < 4.78 is 0. The molecular formula is C28H23NO8S4. The van der Waals surface area contributed by atoms with Gasteiger partial charge in [-0.2, -0.15) is 0 Å². The molecule has 0 aliphatic heterocycles. The molecule has 0 amide bonds. The highest BCUT2D eigenvalue weighted by molar-refractivity contribution is 8.77. The van der Waals surface area contributed by atoms with Gasteiger partial charge in [-0.1, -0.05) is 97.8 Å². The van der Waals surface area contributed by atoms with Gasteiger partial charge in [-0.15, -0.1) is 0 Å². The number of rotatable bonds is 10. The molecule has 0 bridgehead atoms. The summed E-state index contributed by atoms with van der Waals surface area (Å²) in [5.41, 5.74) is 0.698. The molecule has 0 fully saturated rings. The summed E-state index contributed by atoms with van der Waals surface area (Å²) in [5, 5.41) is 38.2. The van der Waals surface area contributed by atoms with Crippen LogP contribution in [0, 0.1) is 0 Å². The van der Waals surface area contributed by atoms with Crippen LogP contribution in [-0.4, -0.2) is 39.2 Å². The van der Waals surface area contributed by atoms with Crippen molar-refractivity contribution in [1.82, 2.24) is 6.15 Å². The van der Waals surface area contributed by atoms with E-state index in [1.807, 2.05) is 0 Å². The number of benzene rings is 4. The Labute approximate surface area is 250 Å². The molecule has 0 unspecified atom stereocenters. The summed E-state index contributed by atoms with van der Waals surface area (Å²) in [7, 11) is 4.86. The SMILES string of the molecule is O=C(O)c1ccccc1SSc1ccccc1C(=O)O.O=C([O-])c1ccccc1SSc1ccccc1C(=O)O.[NH4+]. The van der Waals surface area contributed by atoms with E-state index in [2.05, 4.69) is 0 Å². The molecule has 13 heteroatoms. The van der Waals surface area contributed by atoms with Crippen molar-refractivity contribution in [2.24, 2.45) is 0 Å². The second kappa shape index (κ2) is 16.4. The first-order valence-electron chi connectivity index (χ1n) is 11.2. The van der Waals surface area contributed by atoms with Crippen LogP contribution in [0.2, 0.25) is 0 Å². The van der Waals surface area contributed by atoms with Crippen molar-refractivity contribution in [3.63, 3.8) is 0 Å². The minimum atomic E-state index is -1.25. The van der Waals surface area contributed by atoms with E-state index in [1.54, 1.807) is 72.8 Å². The molecule has 0 atom stereocenters. The number of carboxylic acid groups (broad SMARTS) is 4. The van der Waals surface area contributed by atoms with Crippen molar-refractivity contribution in [3.8, 4) is 0 Å². The predicted octanol–water partition coefficient (Wildman–Crippen LogP) is 6.81. The van der Waals surface area contributed by atoms with Gasteiger partial charge in [-0.3, -0.25) is 0 Å². The molecule has 0 aliphatic rings. The molecule has 0 spiro atoms. The lowest BCUT2D eigenvalue weighted by atomic mass is 10.2.